The summed E-state index contributed by atoms with van der Waals surface area (Å²) >= 11 is 3.72. The van der Waals surface area contributed by atoms with E-state index in [2.05, 4.69) is 52.4 Å². The Bertz CT molecular complexity index is 999. The molecule has 4 heteroatoms. The van der Waals surface area contributed by atoms with Crippen molar-refractivity contribution >= 4 is 38.3 Å². The van der Waals surface area contributed by atoms with Crippen LogP contribution in [0.25, 0.3) is 10.8 Å². The summed E-state index contributed by atoms with van der Waals surface area (Å²) in [6, 6.07) is 18.4. The van der Waals surface area contributed by atoms with Gasteiger partial charge in [-0.15, -0.1) is 0 Å². The third-order valence-electron chi connectivity index (χ3n) is 5.10. The molecule has 4 rings (SSSR count). The molecule has 0 aliphatic carbocycles. The summed E-state index contributed by atoms with van der Waals surface area (Å²) in [5.74, 6) is 0.900. The second kappa shape index (κ2) is 7.73. The Balaban J connectivity index is 1.84. The topological polar surface area (TPSA) is 38.3 Å². The number of unbranched alkanes of at least 4 members (excludes halogenated alkanes) is 1. The maximum absolute atomic E-state index is 12.5. The lowest BCUT2D eigenvalue weighted by Gasteiger charge is -2.29. The molecule has 0 aromatic heterocycles. The van der Waals surface area contributed by atoms with Crippen molar-refractivity contribution in [1.82, 2.24) is 0 Å². The van der Waals surface area contributed by atoms with E-state index >= 15 is 0 Å². The van der Waals surface area contributed by atoms with Crippen LogP contribution in [-0.2, 0) is 4.79 Å². The zero-order chi connectivity index (χ0) is 18.8. The third-order valence-corrected chi connectivity index (χ3v) is 5.76. The Kier molecular flexibility index (Phi) is 5.17. The van der Waals surface area contributed by atoms with Crippen molar-refractivity contribution in [3.63, 3.8) is 0 Å². The molecule has 3 aromatic rings. The largest absolute Gasteiger partial charge is 0.493 e. The highest BCUT2D eigenvalue weighted by molar-refractivity contribution is 9.10. The van der Waals surface area contributed by atoms with Gasteiger partial charge in [0.05, 0.1) is 12.3 Å². The van der Waals surface area contributed by atoms with E-state index in [-0.39, 0.29) is 11.8 Å². The van der Waals surface area contributed by atoms with Gasteiger partial charge in [0.25, 0.3) is 0 Å². The minimum Gasteiger partial charge on any atom is -0.493 e. The number of nitrogens with one attached hydrogen (secondary N) is 1. The van der Waals surface area contributed by atoms with Gasteiger partial charge in [0, 0.05) is 27.8 Å². The maximum atomic E-state index is 12.5. The molecule has 0 radical (unpaired) electrons. The van der Waals surface area contributed by atoms with Crippen LogP contribution in [0.4, 0.5) is 5.69 Å². The van der Waals surface area contributed by atoms with Crippen molar-refractivity contribution in [2.24, 2.45) is 0 Å². The van der Waals surface area contributed by atoms with E-state index in [0.717, 1.165) is 50.7 Å². The first-order valence-electron chi connectivity index (χ1n) is 9.41. The van der Waals surface area contributed by atoms with Gasteiger partial charge in [-0.25, -0.2) is 0 Å². The summed E-state index contributed by atoms with van der Waals surface area (Å²) in [6.45, 7) is 2.85. The van der Waals surface area contributed by atoms with Gasteiger partial charge in [0.15, 0.2) is 0 Å². The van der Waals surface area contributed by atoms with Crippen LogP contribution in [-0.4, -0.2) is 12.5 Å². The lowest BCUT2D eigenvalue weighted by molar-refractivity contribution is -0.116. The van der Waals surface area contributed by atoms with Crippen molar-refractivity contribution in [3.8, 4) is 5.75 Å². The molecule has 0 spiro atoms. The lowest BCUT2D eigenvalue weighted by atomic mass is 9.83. The first kappa shape index (κ1) is 18.1. The van der Waals surface area contributed by atoms with Gasteiger partial charge in [-0.2, -0.15) is 0 Å². The summed E-state index contributed by atoms with van der Waals surface area (Å²) < 4.78 is 7.10. The Morgan fingerprint density at radius 2 is 1.81 bits per heavy atom. The molecule has 138 valence electrons. The number of benzene rings is 3. The van der Waals surface area contributed by atoms with E-state index in [1.54, 1.807) is 0 Å². The molecule has 0 saturated carbocycles. The van der Waals surface area contributed by atoms with Crippen LogP contribution in [0.5, 0.6) is 5.75 Å². The molecule has 0 saturated heterocycles. The fraction of sp³-hybridized carbons (Fsp3) is 0.261. The highest BCUT2D eigenvalue weighted by Gasteiger charge is 2.30. The van der Waals surface area contributed by atoms with Crippen LogP contribution < -0.4 is 10.1 Å². The van der Waals surface area contributed by atoms with Crippen LogP contribution in [0.15, 0.2) is 59.1 Å². The Morgan fingerprint density at radius 3 is 2.63 bits per heavy atom. The van der Waals surface area contributed by atoms with Crippen LogP contribution in [0.2, 0.25) is 0 Å². The van der Waals surface area contributed by atoms with Gasteiger partial charge in [-0.1, -0.05) is 71.7 Å². The molecule has 0 fully saturated rings. The summed E-state index contributed by atoms with van der Waals surface area (Å²) in [6.07, 6.45) is 2.54. The molecule has 1 aliphatic rings. The van der Waals surface area contributed by atoms with Gasteiger partial charge in [-0.3, -0.25) is 4.79 Å². The van der Waals surface area contributed by atoms with E-state index < -0.39 is 0 Å². The van der Waals surface area contributed by atoms with Crippen LogP contribution in [0, 0.1) is 0 Å². The lowest BCUT2D eigenvalue weighted by Crippen LogP contribution is -2.24. The van der Waals surface area contributed by atoms with E-state index in [0.29, 0.717) is 13.0 Å². The summed E-state index contributed by atoms with van der Waals surface area (Å²) in [5.41, 5.74) is 3.12. The second-order valence-electron chi connectivity index (χ2n) is 6.91. The Labute approximate surface area is 167 Å². The monoisotopic (exact) mass is 423 g/mol. The summed E-state index contributed by atoms with van der Waals surface area (Å²) in [4.78, 5) is 12.5. The number of rotatable bonds is 5. The van der Waals surface area contributed by atoms with Gasteiger partial charge in [0.2, 0.25) is 5.91 Å². The zero-order valence-electron chi connectivity index (χ0n) is 15.3. The molecule has 1 heterocycles. The molecule has 3 nitrogen and oxygen atoms in total. The van der Waals surface area contributed by atoms with Crippen molar-refractivity contribution in [2.45, 2.75) is 32.1 Å². The van der Waals surface area contributed by atoms with E-state index in [1.165, 1.54) is 0 Å². The van der Waals surface area contributed by atoms with Gasteiger partial charge >= 0.3 is 0 Å². The zero-order valence-corrected chi connectivity index (χ0v) is 16.9. The quantitative estimate of drug-likeness (QED) is 0.492. The minimum absolute atomic E-state index is 0.0208. The minimum atomic E-state index is -0.0208. The average Bonchev–Trinajstić information content (AvgIpc) is 2.69. The number of carbonyl (C=O) groups is 1. The maximum Gasteiger partial charge on any atom is 0.225 e. The van der Waals surface area contributed by atoms with Crippen LogP contribution in [0.3, 0.4) is 0 Å². The number of para-hydroxylation sites is 1. The standard InChI is InChI=1S/C23H22BrNO2/c1-2-3-12-27-21-11-7-6-9-16(21)18-14-22(26)25-23-17-10-5-4-8-15(17)20(24)13-19(18)23/h4-11,13,18H,2-3,12,14H2,1H3,(H,25,26)/t18-/m1/s1. The van der Waals surface area contributed by atoms with Crippen LogP contribution >= 0.6 is 15.9 Å². The number of fused-ring (bicyclic) bond motifs is 3. The molecular formula is C23H22BrNO2. The fourth-order valence-electron chi connectivity index (χ4n) is 3.76. The smallest absolute Gasteiger partial charge is 0.225 e. The van der Waals surface area contributed by atoms with Crippen molar-refractivity contribution < 1.29 is 9.53 Å². The molecule has 1 N–H and O–H groups in total. The van der Waals surface area contributed by atoms with E-state index in [9.17, 15) is 4.79 Å². The van der Waals surface area contributed by atoms with Gasteiger partial charge < -0.3 is 10.1 Å². The Morgan fingerprint density at radius 1 is 1.07 bits per heavy atom. The number of hydrogen-bond acceptors (Lipinski definition) is 2. The van der Waals surface area contributed by atoms with Crippen LogP contribution in [0.1, 0.15) is 43.2 Å². The first-order chi connectivity index (χ1) is 13.2. The molecule has 1 atom stereocenters. The molecule has 0 unspecified atom stereocenters. The summed E-state index contributed by atoms with van der Waals surface area (Å²) in [5, 5.41) is 5.26. The normalized spacial score (nSPS) is 16.1. The molecule has 1 aliphatic heterocycles. The number of carbonyl (C=O) groups excluding carboxylic acids is 1. The predicted molar refractivity (Wildman–Crippen MR) is 114 cm³/mol. The van der Waals surface area contributed by atoms with E-state index in [1.807, 2.05) is 30.3 Å². The molecule has 27 heavy (non-hydrogen) atoms. The molecule has 1 amide bonds. The van der Waals surface area contributed by atoms with E-state index in [4.69, 9.17) is 4.74 Å². The number of amides is 1. The number of hydrogen-bond donors (Lipinski definition) is 1. The third kappa shape index (κ3) is 3.46. The first-order valence-corrected chi connectivity index (χ1v) is 10.2. The molecule has 3 aromatic carbocycles. The fourth-order valence-corrected chi connectivity index (χ4v) is 4.35. The van der Waals surface area contributed by atoms with Gasteiger partial charge in [0.1, 0.15) is 5.75 Å². The van der Waals surface area contributed by atoms with Gasteiger partial charge in [-0.05, 0) is 29.5 Å². The van der Waals surface area contributed by atoms with Crippen molar-refractivity contribution in [2.75, 3.05) is 11.9 Å². The molecular weight excluding hydrogens is 402 g/mol. The summed E-state index contributed by atoms with van der Waals surface area (Å²) in [7, 11) is 0. The highest BCUT2D eigenvalue weighted by Crippen LogP contribution is 2.45. The highest BCUT2D eigenvalue weighted by atomic mass is 79.9. The number of halogens is 1. The van der Waals surface area contributed by atoms with Crippen molar-refractivity contribution in [1.29, 1.82) is 0 Å². The number of anilines is 1. The Hall–Kier alpha value is -2.33. The average molecular weight is 424 g/mol. The van der Waals surface area contributed by atoms with Crippen molar-refractivity contribution in [3.05, 3.63) is 70.2 Å². The predicted octanol–water partition coefficient (Wildman–Crippen LogP) is 6.26. The SMILES string of the molecule is CCCCOc1ccccc1[C@H]1CC(=O)Nc2c1cc(Br)c1ccccc21. The number of ether oxygens (including phenoxy) is 1. The second-order valence-corrected chi connectivity index (χ2v) is 7.77. The molecule has 0 bridgehead atoms.